The number of ether oxygens (including phenoxy) is 1. The Morgan fingerprint density at radius 1 is 1.14 bits per heavy atom. The Hall–Kier alpha value is -1.55. The van der Waals surface area contributed by atoms with Gasteiger partial charge in [0.15, 0.2) is 0 Å². The molecule has 0 bridgehead atoms. The first-order chi connectivity index (χ1) is 10.3. The van der Waals surface area contributed by atoms with E-state index in [1.807, 2.05) is 24.3 Å². The highest BCUT2D eigenvalue weighted by Crippen LogP contribution is 2.16. The SMILES string of the molecule is CCCOc1ccc(NC(=O)CN2CCCCCC2)cc1. The fourth-order valence-electron chi connectivity index (χ4n) is 2.55. The van der Waals surface area contributed by atoms with Crippen molar-refractivity contribution < 1.29 is 9.53 Å². The van der Waals surface area contributed by atoms with Crippen molar-refractivity contribution in [2.75, 3.05) is 31.6 Å². The van der Waals surface area contributed by atoms with Crippen molar-refractivity contribution in [2.45, 2.75) is 39.0 Å². The molecule has 1 aromatic carbocycles. The zero-order chi connectivity index (χ0) is 14.9. The molecule has 0 aliphatic carbocycles. The fourth-order valence-corrected chi connectivity index (χ4v) is 2.55. The van der Waals surface area contributed by atoms with Crippen LogP contribution in [0.25, 0.3) is 0 Å². The van der Waals surface area contributed by atoms with Gasteiger partial charge in [0.2, 0.25) is 5.91 Å². The van der Waals surface area contributed by atoms with E-state index in [0.717, 1.165) is 37.6 Å². The Morgan fingerprint density at radius 3 is 2.43 bits per heavy atom. The predicted octanol–water partition coefficient (Wildman–Crippen LogP) is 3.29. The standard InChI is InChI=1S/C17H26N2O2/c1-2-13-21-16-9-7-15(8-10-16)18-17(20)14-19-11-5-3-4-6-12-19/h7-10H,2-6,11-14H2,1H3,(H,18,20). The van der Waals surface area contributed by atoms with Gasteiger partial charge in [-0.25, -0.2) is 0 Å². The first-order valence-corrected chi connectivity index (χ1v) is 8.03. The fraction of sp³-hybridized carbons (Fsp3) is 0.588. The normalized spacial score (nSPS) is 16.2. The first-order valence-electron chi connectivity index (χ1n) is 8.03. The highest BCUT2D eigenvalue weighted by atomic mass is 16.5. The Morgan fingerprint density at radius 2 is 1.81 bits per heavy atom. The summed E-state index contributed by atoms with van der Waals surface area (Å²) in [5, 5.41) is 2.96. The van der Waals surface area contributed by atoms with Crippen LogP contribution in [-0.4, -0.2) is 37.0 Å². The van der Waals surface area contributed by atoms with E-state index in [0.29, 0.717) is 6.54 Å². The summed E-state index contributed by atoms with van der Waals surface area (Å²) in [6.45, 7) is 5.38. The Kier molecular flexibility index (Phi) is 6.54. The number of anilines is 1. The van der Waals surface area contributed by atoms with Crippen LogP contribution in [0.15, 0.2) is 24.3 Å². The van der Waals surface area contributed by atoms with Gasteiger partial charge in [0.25, 0.3) is 0 Å². The molecule has 1 aliphatic heterocycles. The molecule has 4 heteroatoms. The average molecular weight is 290 g/mol. The van der Waals surface area contributed by atoms with Crippen molar-refractivity contribution in [1.82, 2.24) is 4.90 Å². The molecule has 0 atom stereocenters. The molecule has 116 valence electrons. The number of rotatable bonds is 6. The topological polar surface area (TPSA) is 41.6 Å². The molecule has 2 rings (SSSR count). The number of amides is 1. The minimum absolute atomic E-state index is 0.0686. The lowest BCUT2D eigenvalue weighted by Gasteiger charge is -2.19. The van der Waals surface area contributed by atoms with Crippen LogP contribution in [-0.2, 0) is 4.79 Å². The van der Waals surface area contributed by atoms with Gasteiger partial charge in [0.1, 0.15) is 5.75 Å². The van der Waals surface area contributed by atoms with Crippen LogP contribution >= 0.6 is 0 Å². The summed E-state index contributed by atoms with van der Waals surface area (Å²) in [4.78, 5) is 14.3. The van der Waals surface area contributed by atoms with Crippen LogP contribution in [0.5, 0.6) is 5.75 Å². The number of carbonyl (C=O) groups is 1. The number of hydrogen-bond acceptors (Lipinski definition) is 3. The lowest BCUT2D eigenvalue weighted by molar-refractivity contribution is -0.117. The van der Waals surface area contributed by atoms with Gasteiger partial charge in [-0.3, -0.25) is 9.69 Å². The maximum Gasteiger partial charge on any atom is 0.238 e. The van der Waals surface area contributed by atoms with Gasteiger partial charge in [-0.05, 0) is 56.6 Å². The van der Waals surface area contributed by atoms with Crippen LogP contribution in [0.4, 0.5) is 5.69 Å². The number of hydrogen-bond donors (Lipinski definition) is 1. The molecule has 0 aromatic heterocycles. The molecule has 1 saturated heterocycles. The van der Waals surface area contributed by atoms with E-state index in [1.54, 1.807) is 0 Å². The lowest BCUT2D eigenvalue weighted by atomic mass is 10.2. The van der Waals surface area contributed by atoms with E-state index in [1.165, 1.54) is 25.7 Å². The summed E-state index contributed by atoms with van der Waals surface area (Å²) in [7, 11) is 0. The lowest BCUT2D eigenvalue weighted by Crippen LogP contribution is -2.33. The van der Waals surface area contributed by atoms with Crippen molar-refractivity contribution in [3.8, 4) is 5.75 Å². The minimum atomic E-state index is 0.0686. The third-order valence-electron chi connectivity index (χ3n) is 3.68. The second kappa shape index (κ2) is 8.67. The van der Waals surface area contributed by atoms with Crippen molar-refractivity contribution in [2.24, 2.45) is 0 Å². The van der Waals surface area contributed by atoms with Crippen molar-refractivity contribution in [1.29, 1.82) is 0 Å². The van der Waals surface area contributed by atoms with Crippen LogP contribution in [0, 0.1) is 0 Å². The van der Waals surface area contributed by atoms with E-state index < -0.39 is 0 Å². The van der Waals surface area contributed by atoms with Crippen LogP contribution < -0.4 is 10.1 Å². The molecule has 0 spiro atoms. The third kappa shape index (κ3) is 5.76. The highest BCUT2D eigenvalue weighted by molar-refractivity contribution is 5.92. The van der Waals surface area contributed by atoms with Gasteiger partial charge in [-0.2, -0.15) is 0 Å². The highest BCUT2D eigenvalue weighted by Gasteiger charge is 2.12. The Balaban J connectivity index is 1.78. The van der Waals surface area contributed by atoms with E-state index in [4.69, 9.17) is 4.74 Å². The van der Waals surface area contributed by atoms with E-state index in [2.05, 4.69) is 17.1 Å². The van der Waals surface area contributed by atoms with Crippen molar-refractivity contribution in [3.05, 3.63) is 24.3 Å². The number of benzene rings is 1. The van der Waals surface area contributed by atoms with Gasteiger partial charge in [0, 0.05) is 5.69 Å². The van der Waals surface area contributed by atoms with E-state index in [-0.39, 0.29) is 5.91 Å². The predicted molar refractivity (Wildman–Crippen MR) is 85.8 cm³/mol. The van der Waals surface area contributed by atoms with Crippen LogP contribution in [0.3, 0.4) is 0 Å². The quantitative estimate of drug-likeness (QED) is 0.874. The largest absolute Gasteiger partial charge is 0.494 e. The summed E-state index contributed by atoms with van der Waals surface area (Å²) in [5.74, 6) is 0.918. The summed E-state index contributed by atoms with van der Waals surface area (Å²) in [6, 6.07) is 7.59. The molecule has 1 amide bonds. The second-order valence-electron chi connectivity index (χ2n) is 5.61. The van der Waals surface area contributed by atoms with Gasteiger partial charge < -0.3 is 10.1 Å². The van der Waals surface area contributed by atoms with E-state index in [9.17, 15) is 4.79 Å². The van der Waals surface area contributed by atoms with Crippen molar-refractivity contribution in [3.63, 3.8) is 0 Å². The summed E-state index contributed by atoms with van der Waals surface area (Å²) < 4.78 is 5.53. The number of likely N-dealkylation sites (tertiary alicyclic amines) is 1. The van der Waals surface area contributed by atoms with Gasteiger partial charge >= 0.3 is 0 Å². The summed E-state index contributed by atoms with van der Waals surface area (Å²) >= 11 is 0. The maximum absolute atomic E-state index is 12.1. The molecule has 0 radical (unpaired) electrons. The molecule has 1 aliphatic rings. The number of carbonyl (C=O) groups excluding carboxylic acids is 1. The smallest absolute Gasteiger partial charge is 0.238 e. The monoisotopic (exact) mass is 290 g/mol. The van der Waals surface area contributed by atoms with Gasteiger partial charge in [-0.1, -0.05) is 19.8 Å². The zero-order valence-corrected chi connectivity index (χ0v) is 12.9. The summed E-state index contributed by atoms with van der Waals surface area (Å²) in [5.41, 5.74) is 0.832. The van der Waals surface area contributed by atoms with Gasteiger partial charge in [-0.15, -0.1) is 0 Å². The molecular weight excluding hydrogens is 264 g/mol. The molecule has 1 heterocycles. The Bertz CT molecular complexity index is 423. The minimum Gasteiger partial charge on any atom is -0.494 e. The zero-order valence-electron chi connectivity index (χ0n) is 12.9. The van der Waals surface area contributed by atoms with Crippen LogP contribution in [0.1, 0.15) is 39.0 Å². The molecule has 1 fully saturated rings. The number of nitrogens with zero attached hydrogens (tertiary/aromatic N) is 1. The molecule has 4 nitrogen and oxygen atoms in total. The molecule has 21 heavy (non-hydrogen) atoms. The Labute approximate surface area is 127 Å². The van der Waals surface area contributed by atoms with Gasteiger partial charge in [0.05, 0.1) is 13.2 Å². The molecule has 0 saturated carbocycles. The molecule has 0 unspecified atom stereocenters. The third-order valence-corrected chi connectivity index (χ3v) is 3.68. The maximum atomic E-state index is 12.1. The second-order valence-corrected chi connectivity index (χ2v) is 5.61. The van der Waals surface area contributed by atoms with E-state index >= 15 is 0 Å². The van der Waals surface area contributed by atoms with Crippen molar-refractivity contribution >= 4 is 11.6 Å². The molecule has 1 aromatic rings. The van der Waals surface area contributed by atoms with Crippen LogP contribution in [0.2, 0.25) is 0 Å². The molecule has 1 N–H and O–H groups in total. The molecular formula is C17H26N2O2. The average Bonchev–Trinajstić information content (AvgIpc) is 2.75. The number of nitrogens with one attached hydrogen (secondary N) is 1. The summed E-state index contributed by atoms with van der Waals surface area (Å²) in [6.07, 6.45) is 5.98. The first kappa shape index (κ1) is 15.8.